The standard InChI is InChI=1S/C18H19ClFNO/c19-16-9-4-13(12-17(16)20)18(10-2-1-3-11-18)22-15-7-5-14(21)6-8-15/h4-9,12H,1-3,10-11,21H2. The molecule has 3 rings (SSSR count). The first-order chi connectivity index (χ1) is 10.6. The van der Waals surface area contributed by atoms with Crippen LogP contribution in [0.4, 0.5) is 10.1 Å². The molecule has 1 aliphatic carbocycles. The van der Waals surface area contributed by atoms with Crippen molar-refractivity contribution in [2.75, 3.05) is 5.73 Å². The molecule has 22 heavy (non-hydrogen) atoms. The van der Waals surface area contributed by atoms with Crippen LogP contribution >= 0.6 is 11.6 Å². The molecule has 2 aromatic carbocycles. The van der Waals surface area contributed by atoms with E-state index in [9.17, 15) is 4.39 Å². The van der Waals surface area contributed by atoms with Crippen molar-refractivity contribution < 1.29 is 9.13 Å². The van der Waals surface area contributed by atoms with Crippen molar-refractivity contribution in [2.24, 2.45) is 0 Å². The van der Waals surface area contributed by atoms with Gasteiger partial charge in [0.2, 0.25) is 0 Å². The summed E-state index contributed by atoms with van der Waals surface area (Å²) in [7, 11) is 0. The summed E-state index contributed by atoms with van der Waals surface area (Å²) < 4.78 is 20.2. The Kier molecular flexibility index (Phi) is 4.25. The van der Waals surface area contributed by atoms with Crippen LogP contribution in [0, 0.1) is 5.82 Å². The number of nitrogen functional groups attached to an aromatic ring is 1. The molecule has 2 aromatic rings. The predicted molar refractivity (Wildman–Crippen MR) is 87.7 cm³/mol. The maximum absolute atomic E-state index is 13.9. The summed E-state index contributed by atoms with van der Waals surface area (Å²) in [5.41, 5.74) is 6.78. The van der Waals surface area contributed by atoms with Crippen molar-refractivity contribution in [1.29, 1.82) is 0 Å². The number of nitrogens with two attached hydrogens (primary N) is 1. The van der Waals surface area contributed by atoms with Gasteiger partial charge in [0, 0.05) is 5.69 Å². The van der Waals surface area contributed by atoms with Crippen molar-refractivity contribution in [3.63, 3.8) is 0 Å². The van der Waals surface area contributed by atoms with Crippen LogP contribution in [-0.4, -0.2) is 0 Å². The monoisotopic (exact) mass is 319 g/mol. The molecule has 0 spiro atoms. The SMILES string of the molecule is Nc1ccc(OC2(c3ccc(Cl)c(F)c3)CCCCC2)cc1. The fourth-order valence-electron chi connectivity index (χ4n) is 3.11. The first-order valence-electron chi connectivity index (χ1n) is 7.59. The van der Waals surface area contributed by atoms with E-state index in [0.29, 0.717) is 5.69 Å². The molecule has 2 nitrogen and oxygen atoms in total. The average Bonchev–Trinajstić information content (AvgIpc) is 2.53. The van der Waals surface area contributed by atoms with Gasteiger partial charge in [-0.3, -0.25) is 0 Å². The van der Waals surface area contributed by atoms with Gasteiger partial charge >= 0.3 is 0 Å². The van der Waals surface area contributed by atoms with Crippen LogP contribution in [0.1, 0.15) is 37.7 Å². The molecule has 1 fully saturated rings. The number of anilines is 1. The van der Waals surface area contributed by atoms with Crippen LogP contribution in [0.25, 0.3) is 0 Å². The summed E-state index contributed by atoms with van der Waals surface area (Å²) in [6.45, 7) is 0. The van der Waals surface area contributed by atoms with Gasteiger partial charge in [-0.05, 0) is 67.6 Å². The minimum atomic E-state index is -0.486. The van der Waals surface area contributed by atoms with Gasteiger partial charge in [-0.25, -0.2) is 4.39 Å². The molecule has 0 atom stereocenters. The van der Waals surface area contributed by atoms with E-state index in [1.165, 1.54) is 12.5 Å². The van der Waals surface area contributed by atoms with Gasteiger partial charge in [0.15, 0.2) is 0 Å². The van der Waals surface area contributed by atoms with Crippen LogP contribution in [-0.2, 0) is 5.60 Å². The Morgan fingerprint density at radius 3 is 2.32 bits per heavy atom. The van der Waals surface area contributed by atoms with Gasteiger partial charge in [0.1, 0.15) is 17.2 Å². The molecule has 0 saturated heterocycles. The van der Waals surface area contributed by atoms with Crippen molar-refractivity contribution in [2.45, 2.75) is 37.7 Å². The number of ether oxygens (including phenoxy) is 1. The van der Waals surface area contributed by atoms with Gasteiger partial charge in [0.25, 0.3) is 0 Å². The molecule has 0 aromatic heterocycles. The third-order valence-electron chi connectivity index (χ3n) is 4.30. The molecular formula is C18H19ClFNO. The zero-order valence-corrected chi connectivity index (χ0v) is 13.1. The lowest BCUT2D eigenvalue weighted by atomic mass is 9.79. The number of hydrogen-bond acceptors (Lipinski definition) is 2. The zero-order valence-electron chi connectivity index (χ0n) is 12.3. The van der Waals surface area contributed by atoms with E-state index in [2.05, 4.69) is 0 Å². The molecule has 0 unspecified atom stereocenters. The molecule has 4 heteroatoms. The van der Waals surface area contributed by atoms with Crippen molar-refractivity contribution >= 4 is 17.3 Å². The molecule has 1 saturated carbocycles. The van der Waals surface area contributed by atoms with Gasteiger partial charge in [-0.1, -0.05) is 24.1 Å². The lowest BCUT2D eigenvalue weighted by molar-refractivity contribution is 0.0261. The highest BCUT2D eigenvalue weighted by atomic mass is 35.5. The molecule has 0 radical (unpaired) electrons. The van der Waals surface area contributed by atoms with E-state index in [4.69, 9.17) is 22.1 Å². The Morgan fingerprint density at radius 1 is 1.00 bits per heavy atom. The van der Waals surface area contributed by atoms with E-state index in [-0.39, 0.29) is 5.02 Å². The molecule has 2 N–H and O–H groups in total. The van der Waals surface area contributed by atoms with E-state index in [1.54, 1.807) is 6.07 Å². The lowest BCUT2D eigenvalue weighted by Crippen LogP contribution is -2.35. The summed E-state index contributed by atoms with van der Waals surface area (Å²) in [5.74, 6) is 0.358. The lowest BCUT2D eigenvalue weighted by Gasteiger charge is -2.38. The van der Waals surface area contributed by atoms with Gasteiger partial charge in [0.05, 0.1) is 5.02 Å². The molecule has 0 aliphatic heterocycles. The average molecular weight is 320 g/mol. The molecule has 0 bridgehead atoms. The summed E-state index contributed by atoms with van der Waals surface area (Å²) in [6.07, 6.45) is 5.07. The molecular weight excluding hydrogens is 301 g/mol. The highest BCUT2D eigenvalue weighted by Crippen LogP contribution is 2.42. The first-order valence-corrected chi connectivity index (χ1v) is 7.97. The van der Waals surface area contributed by atoms with E-state index < -0.39 is 11.4 Å². The summed E-state index contributed by atoms with van der Waals surface area (Å²) in [6, 6.07) is 12.3. The van der Waals surface area contributed by atoms with Gasteiger partial charge in [-0.15, -0.1) is 0 Å². The van der Waals surface area contributed by atoms with Crippen LogP contribution in [0.2, 0.25) is 5.02 Å². The van der Waals surface area contributed by atoms with E-state index in [0.717, 1.165) is 37.0 Å². The Labute approximate surface area is 135 Å². The Bertz CT molecular complexity index is 651. The van der Waals surface area contributed by atoms with E-state index >= 15 is 0 Å². The third-order valence-corrected chi connectivity index (χ3v) is 4.61. The van der Waals surface area contributed by atoms with Crippen LogP contribution < -0.4 is 10.5 Å². The smallest absolute Gasteiger partial charge is 0.142 e. The highest BCUT2D eigenvalue weighted by molar-refractivity contribution is 6.30. The van der Waals surface area contributed by atoms with Crippen molar-refractivity contribution in [3.8, 4) is 5.75 Å². The summed E-state index contributed by atoms with van der Waals surface area (Å²) >= 11 is 5.81. The molecule has 116 valence electrons. The minimum absolute atomic E-state index is 0.141. The zero-order chi connectivity index (χ0) is 15.6. The summed E-state index contributed by atoms with van der Waals surface area (Å²) in [5, 5.41) is 0.141. The Hall–Kier alpha value is -1.74. The fraction of sp³-hybridized carbons (Fsp3) is 0.333. The molecule has 0 amide bonds. The van der Waals surface area contributed by atoms with Crippen LogP contribution in [0.3, 0.4) is 0 Å². The normalized spacial score (nSPS) is 17.2. The Balaban J connectivity index is 1.96. The Morgan fingerprint density at radius 2 is 1.68 bits per heavy atom. The van der Waals surface area contributed by atoms with Crippen LogP contribution in [0.5, 0.6) is 5.75 Å². The maximum atomic E-state index is 13.9. The second kappa shape index (κ2) is 6.17. The highest BCUT2D eigenvalue weighted by Gasteiger charge is 2.36. The number of hydrogen-bond donors (Lipinski definition) is 1. The third kappa shape index (κ3) is 3.05. The van der Waals surface area contributed by atoms with Crippen LogP contribution in [0.15, 0.2) is 42.5 Å². The van der Waals surface area contributed by atoms with E-state index in [1.807, 2.05) is 30.3 Å². The topological polar surface area (TPSA) is 35.2 Å². The second-order valence-corrected chi connectivity index (χ2v) is 6.26. The number of halogens is 2. The first kappa shape index (κ1) is 15.2. The fourth-order valence-corrected chi connectivity index (χ4v) is 3.23. The maximum Gasteiger partial charge on any atom is 0.142 e. The largest absolute Gasteiger partial charge is 0.483 e. The summed E-state index contributed by atoms with van der Waals surface area (Å²) in [4.78, 5) is 0. The van der Waals surface area contributed by atoms with Gasteiger partial charge < -0.3 is 10.5 Å². The molecule has 1 aliphatic rings. The second-order valence-electron chi connectivity index (χ2n) is 5.85. The molecule has 0 heterocycles. The quantitative estimate of drug-likeness (QED) is 0.779. The predicted octanol–water partition coefficient (Wildman–Crippen LogP) is 5.30. The number of rotatable bonds is 3. The number of benzene rings is 2. The van der Waals surface area contributed by atoms with Crippen molar-refractivity contribution in [1.82, 2.24) is 0 Å². The minimum Gasteiger partial charge on any atom is -0.483 e. The van der Waals surface area contributed by atoms with Gasteiger partial charge in [-0.2, -0.15) is 0 Å². The van der Waals surface area contributed by atoms with Crippen molar-refractivity contribution in [3.05, 3.63) is 58.9 Å².